The third-order valence-corrected chi connectivity index (χ3v) is 3.84. The molecule has 0 aliphatic carbocycles. The van der Waals surface area contributed by atoms with Crippen molar-refractivity contribution in [3.05, 3.63) is 18.0 Å². The monoisotopic (exact) mass is 343 g/mol. The zero-order chi connectivity index (χ0) is 17.3. The number of piperidine rings is 1. The summed E-state index contributed by atoms with van der Waals surface area (Å²) in [5.41, 5.74) is 5.19. The number of carbonyl (C=O) groups excluding carboxylic acids is 1. The molecule has 0 atom stereocenters. The first kappa shape index (κ1) is 16.4. The molecular weight excluding hydrogens is 327 g/mol. The van der Waals surface area contributed by atoms with E-state index in [0.717, 1.165) is 12.8 Å². The van der Waals surface area contributed by atoms with Crippen LogP contribution in [-0.2, 0) is 11.0 Å². The van der Waals surface area contributed by atoms with Crippen LogP contribution in [0.3, 0.4) is 0 Å². The number of likely N-dealkylation sites (tertiary alicyclic amines) is 1. The minimum absolute atomic E-state index is 0.0316. The van der Waals surface area contributed by atoms with E-state index < -0.39 is 12.0 Å². The number of anilines is 1. The predicted molar refractivity (Wildman–Crippen MR) is 78.1 cm³/mol. The lowest BCUT2D eigenvalue weighted by molar-refractivity contribution is -0.146. The van der Waals surface area contributed by atoms with Gasteiger partial charge in [0.2, 0.25) is 5.91 Å². The largest absolute Gasteiger partial charge is 0.453 e. The molecule has 1 saturated heterocycles. The van der Waals surface area contributed by atoms with E-state index in [9.17, 15) is 18.0 Å². The molecule has 130 valence electrons. The number of hydrogen-bond acceptors (Lipinski definition) is 6. The maximum atomic E-state index is 12.9. The molecule has 1 aliphatic rings. The van der Waals surface area contributed by atoms with Gasteiger partial charge in [-0.15, -0.1) is 15.3 Å². The topological polar surface area (TPSA) is 101 Å². The highest BCUT2D eigenvalue weighted by molar-refractivity contribution is 5.75. The Morgan fingerprint density at radius 2 is 2.00 bits per heavy atom. The van der Waals surface area contributed by atoms with Crippen LogP contribution in [0.15, 0.2) is 12.1 Å². The second-order valence-electron chi connectivity index (χ2n) is 5.67. The van der Waals surface area contributed by atoms with Crippen molar-refractivity contribution >= 4 is 17.4 Å². The van der Waals surface area contributed by atoms with Crippen molar-refractivity contribution in [1.82, 2.24) is 24.7 Å². The maximum Gasteiger partial charge on any atom is 0.453 e. The number of halogens is 3. The van der Waals surface area contributed by atoms with Gasteiger partial charge in [0.1, 0.15) is 5.82 Å². The van der Waals surface area contributed by atoms with Crippen LogP contribution < -0.4 is 11.1 Å². The fraction of sp³-hybridized carbons (Fsp3) is 0.538. The number of carbonyl (C=O) groups is 1. The molecule has 0 aromatic carbocycles. The van der Waals surface area contributed by atoms with Gasteiger partial charge in [0.05, 0.1) is 6.54 Å². The molecule has 3 N–H and O–H groups in total. The molecule has 0 spiro atoms. The van der Waals surface area contributed by atoms with Crippen LogP contribution in [0, 0.1) is 0 Å². The number of alkyl halides is 3. The summed E-state index contributed by atoms with van der Waals surface area (Å²) in [7, 11) is 0. The van der Waals surface area contributed by atoms with Gasteiger partial charge in [0, 0.05) is 19.1 Å². The molecule has 1 fully saturated rings. The Labute approximate surface area is 134 Å². The number of rotatable bonds is 4. The number of nitrogens with two attached hydrogens (primary N) is 1. The van der Waals surface area contributed by atoms with Crippen LogP contribution in [-0.4, -0.2) is 56.3 Å². The van der Waals surface area contributed by atoms with Gasteiger partial charge in [0.25, 0.3) is 5.82 Å². The highest BCUT2D eigenvalue weighted by atomic mass is 19.4. The van der Waals surface area contributed by atoms with E-state index in [1.165, 1.54) is 6.07 Å². The Morgan fingerprint density at radius 3 is 2.62 bits per heavy atom. The molecule has 24 heavy (non-hydrogen) atoms. The van der Waals surface area contributed by atoms with E-state index in [4.69, 9.17) is 5.73 Å². The van der Waals surface area contributed by atoms with Crippen LogP contribution in [0.1, 0.15) is 18.7 Å². The first-order chi connectivity index (χ1) is 11.3. The van der Waals surface area contributed by atoms with Gasteiger partial charge in [-0.2, -0.15) is 17.7 Å². The fourth-order valence-electron chi connectivity index (χ4n) is 2.71. The van der Waals surface area contributed by atoms with E-state index in [1.54, 1.807) is 6.07 Å². The summed E-state index contributed by atoms with van der Waals surface area (Å²) in [6.07, 6.45) is -3.15. The summed E-state index contributed by atoms with van der Waals surface area (Å²) in [5.74, 6) is -1.21. The molecule has 3 rings (SSSR count). The average Bonchev–Trinajstić information content (AvgIpc) is 2.92. The molecule has 0 bridgehead atoms. The Hall–Kier alpha value is -2.43. The number of nitrogens with zero attached hydrogens (tertiary/aromatic N) is 5. The van der Waals surface area contributed by atoms with Crippen molar-refractivity contribution < 1.29 is 18.0 Å². The van der Waals surface area contributed by atoms with Crippen LogP contribution in [0.2, 0.25) is 0 Å². The first-order valence-corrected chi connectivity index (χ1v) is 7.40. The molecule has 2 aromatic heterocycles. The van der Waals surface area contributed by atoms with Crippen LogP contribution in [0.5, 0.6) is 0 Å². The van der Waals surface area contributed by atoms with Gasteiger partial charge < -0.3 is 11.1 Å². The van der Waals surface area contributed by atoms with Gasteiger partial charge in [-0.1, -0.05) is 0 Å². The summed E-state index contributed by atoms with van der Waals surface area (Å²) in [4.78, 5) is 12.8. The summed E-state index contributed by atoms with van der Waals surface area (Å²) >= 11 is 0. The van der Waals surface area contributed by atoms with Gasteiger partial charge >= 0.3 is 6.18 Å². The van der Waals surface area contributed by atoms with Crippen molar-refractivity contribution in [1.29, 1.82) is 0 Å². The number of hydrogen-bond donors (Lipinski definition) is 2. The Morgan fingerprint density at radius 1 is 1.29 bits per heavy atom. The summed E-state index contributed by atoms with van der Waals surface area (Å²) < 4.78 is 39.3. The van der Waals surface area contributed by atoms with Crippen LogP contribution >= 0.6 is 0 Å². The van der Waals surface area contributed by atoms with Gasteiger partial charge in [-0.05, 0) is 25.0 Å². The zero-order valence-corrected chi connectivity index (χ0v) is 12.6. The second-order valence-corrected chi connectivity index (χ2v) is 5.67. The number of aromatic nitrogens is 4. The minimum Gasteiger partial charge on any atom is -0.369 e. The molecule has 0 unspecified atom stereocenters. The van der Waals surface area contributed by atoms with E-state index >= 15 is 0 Å². The first-order valence-electron chi connectivity index (χ1n) is 7.40. The van der Waals surface area contributed by atoms with Crippen molar-refractivity contribution in [2.45, 2.75) is 25.1 Å². The Balaban J connectivity index is 1.69. The third kappa shape index (κ3) is 3.55. The molecule has 2 aromatic rings. The molecule has 0 saturated carbocycles. The molecule has 1 aliphatic heterocycles. The lowest BCUT2D eigenvalue weighted by Crippen LogP contribution is -2.43. The smallest absolute Gasteiger partial charge is 0.369 e. The minimum atomic E-state index is -4.62. The number of amides is 1. The van der Waals surface area contributed by atoms with Gasteiger partial charge in [-0.3, -0.25) is 9.69 Å². The van der Waals surface area contributed by atoms with Crippen molar-refractivity contribution in [2.75, 3.05) is 25.0 Å². The lowest BCUT2D eigenvalue weighted by Gasteiger charge is -2.31. The van der Waals surface area contributed by atoms with E-state index in [-0.39, 0.29) is 24.1 Å². The van der Waals surface area contributed by atoms with Crippen molar-refractivity contribution in [3.63, 3.8) is 0 Å². The number of primary amides is 1. The number of nitrogens with one attached hydrogen (secondary N) is 1. The quantitative estimate of drug-likeness (QED) is 0.839. The van der Waals surface area contributed by atoms with Crippen LogP contribution in [0.25, 0.3) is 5.65 Å². The molecule has 1 amide bonds. The van der Waals surface area contributed by atoms with E-state index in [0.29, 0.717) is 23.4 Å². The fourth-order valence-corrected chi connectivity index (χ4v) is 2.71. The highest BCUT2D eigenvalue weighted by Crippen LogP contribution is 2.27. The SMILES string of the molecule is NC(=O)CN1CCC(Nc2ccc3nnc(C(F)(F)F)n3n2)CC1. The summed E-state index contributed by atoms with van der Waals surface area (Å²) in [5, 5.41) is 13.7. The molecule has 3 heterocycles. The summed E-state index contributed by atoms with van der Waals surface area (Å²) in [6, 6.07) is 3.06. The maximum absolute atomic E-state index is 12.9. The van der Waals surface area contributed by atoms with Crippen LogP contribution in [0.4, 0.5) is 19.0 Å². The van der Waals surface area contributed by atoms with E-state index in [1.807, 2.05) is 4.90 Å². The lowest BCUT2D eigenvalue weighted by atomic mass is 10.1. The normalized spacial score (nSPS) is 17.3. The van der Waals surface area contributed by atoms with E-state index in [2.05, 4.69) is 20.6 Å². The third-order valence-electron chi connectivity index (χ3n) is 3.84. The number of fused-ring (bicyclic) bond motifs is 1. The van der Waals surface area contributed by atoms with Crippen molar-refractivity contribution in [3.8, 4) is 0 Å². The van der Waals surface area contributed by atoms with Gasteiger partial charge in [0.15, 0.2) is 5.65 Å². The molecule has 11 heteroatoms. The molecule has 0 radical (unpaired) electrons. The summed E-state index contributed by atoms with van der Waals surface area (Å²) in [6.45, 7) is 1.58. The predicted octanol–water partition coefficient (Wildman–Crippen LogP) is 0.505. The highest BCUT2D eigenvalue weighted by Gasteiger charge is 2.37. The van der Waals surface area contributed by atoms with Crippen molar-refractivity contribution in [2.24, 2.45) is 5.73 Å². The average molecular weight is 343 g/mol. The Bertz CT molecular complexity index is 737. The molecular formula is C13H16F3N7O. The zero-order valence-electron chi connectivity index (χ0n) is 12.6. The standard InChI is InChI=1S/C13H16F3N7O/c14-13(15,16)12-20-19-11-2-1-10(21-23(11)12)18-8-3-5-22(6-4-8)7-9(17)24/h1-2,8H,3-7H2,(H2,17,24)(H,18,21). The van der Waals surface area contributed by atoms with Gasteiger partial charge in [-0.25, -0.2) is 0 Å². The Kier molecular flexibility index (Phi) is 4.26. The second kappa shape index (κ2) is 6.23. The molecule has 8 nitrogen and oxygen atoms in total.